The van der Waals surface area contributed by atoms with Gasteiger partial charge in [0.2, 0.25) is 0 Å². The molecule has 0 bridgehead atoms. The SMILES string of the molecule is CCCCC(CC)COC(=O)CCS(=O)(=O)C(C)c1cc(C(C)S(=O)(=O)CCC(=O)OCC(CC)CCCC)c2sc3ccccc3c(=O)c2c1. The van der Waals surface area contributed by atoms with E-state index in [4.69, 9.17) is 9.47 Å². The second kappa shape index (κ2) is 19.9. The van der Waals surface area contributed by atoms with Crippen molar-refractivity contribution in [2.45, 2.75) is 116 Å². The van der Waals surface area contributed by atoms with E-state index in [1.165, 1.54) is 31.3 Å². The Morgan fingerprint density at radius 2 is 1.24 bits per heavy atom. The molecule has 51 heavy (non-hydrogen) atoms. The normalized spacial score (nSPS) is 14.6. The number of ether oxygens (including phenoxy) is 2. The van der Waals surface area contributed by atoms with Gasteiger partial charge in [-0.2, -0.15) is 0 Å². The maximum Gasteiger partial charge on any atom is 0.306 e. The summed E-state index contributed by atoms with van der Waals surface area (Å²) in [4.78, 5) is 39.0. The first kappa shape index (κ1) is 42.6. The average Bonchev–Trinajstić information content (AvgIpc) is 3.12. The Kier molecular flexibility index (Phi) is 16.6. The summed E-state index contributed by atoms with van der Waals surface area (Å²) in [7, 11) is -7.87. The molecule has 4 unspecified atom stereocenters. The van der Waals surface area contributed by atoms with Crippen LogP contribution in [0.5, 0.6) is 0 Å². The second-order valence-corrected chi connectivity index (χ2v) is 19.6. The van der Waals surface area contributed by atoms with Crippen molar-refractivity contribution in [1.29, 1.82) is 0 Å². The molecular weight excluding hydrogens is 709 g/mol. The first-order chi connectivity index (χ1) is 24.2. The molecule has 0 aliphatic rings. The van der Waals surface area contributed by atoms with Gasteiger partial charge in [0.1, 0.15) is 0 Å². The average molecular weight is 765 g/mol. The quantitative estimate of drug-likeness (QED) is 0.0727. The van der Waals surface area contributed by atoms with E-state index in [1.54, 1.807) is 30.3 Å². The fourth-order valence-corrected chi connectivity index (χ4v) is 10.1. The number of rotatable bonds is 22. The molecule has 0 N–H and O–H groups in total. The van der Waals surface area contributed by atoms with Gasteiger partial charge in [0.25, 0.3) is 0 Å². The Balaban J connectivity index is 1.89. The van der Waals surface area contributed by atoms with Crippen LogP contribution in [0.2, 0.25) is 0 Å². The van der Waals surface area contributed by atoms with Crippen molar-refractivity contribution in [3.8, 4) is 0 Å². The third-order valence-corrected chi connectivity index (χ3v) is 15.4. The maximum absolute atomic E-state index is 13.8. The van der Waals surface area contributed by atoms with Gasteiger partial charge in [-0.25, -0.2) is 16.8 Å². The number of hydrogen-bond donors (Lipinski definition) is 0. The van der Waals surface area contributed by atoms with Crippen LogP contribution in [-0.2, 0) is 38.7 Å². The van der Waals surface area contributed by atoms with Gasteiger partial charge in [-0.1, -0.05) is 84.4 Å². The van der Waals surface area contributed by atoms with Gasteiger partial charge in [-0.15, -0.1) is 11.3 Å². The summed E-state index contributed by atoms with van der Waals surface area (Å²) < 4.78 is 66.7. The van der Waals surface area contributed by atoms with Crippen molar-refractivity contribution >= 4 is 63.1 Å². The molecule has 0 spiro atoms. The molecular formula is C39H56O9S3. The molecule has 0 amide bonds. The zero-order valence-electron chi connectivity index (χ0n) is 31.1. The minimum Gasteiger partial charge on any atom is -0.465 e. The molecule has 0 radical (unpaired) electrons. The van der Waals surface area contributed by atoms with Gasteiger partial charge in [-0.3, -0.25) is 14.4 Å². The summed E-state index contributed by atoms with van der Waals surface area (Å²) in [6.45, 7) is 11.8. The summed E-state index contributed by atoms with van der Waals surface area (Å²) in [5, 5.41) is -1.62. The Bertz CT molecular complexity index is 1900. The van der Waals surface area contributed by atoms with Crippen molar-refractivity contribution in [3.05, 3.63) is 57.7 Å². The molecule has 4 atom stereocenters. The molecule has 0 aliphatic heterocycles. The van der Waals surface area contributed by atoms with Crippen molar-refractivity contribution in [3.63, 3.8) is 0 Å². The summed E-state index contributed by atoms with van der Waals surface area (Å²) in [6, 6.07) is 10.1. The van der Waals surface area contributed by atoms with Gasteiger partial charge < -0.3 is 9.47 Å². The van der Waals surface area contributed by atoms with Crippen LogP contribution in [0.3, 0.4) is 0 Å². The van der Waals surface area contributed by atoms with Crippen molar-refractivity contribution in [1.82, 2.24) is 0 Å². The number of benzene rings is 2. The molecule has 0 aliphatic carbocycles. The van der Waals surface area contributed by atoms with E-state index in [0.29, 0.717) is 20.3 Å². The van der Waals surface area contributed by atoms with E-state index < -0.39 is 53.6 Å². The highest BCUT2D eigenvalue weighted by Gasteiger charge is 2.30. The largest absolute Gasteiger partial charge is 0.465 e. The van der Waals surface area contributed by atoms with Crippen LogP contribution in [0.15, 0.2) is 41.2 Å². The molecule has 3 rings (SSSR count). The highest BCUT2D eigenvalue weighted by Crippen LogP contribution is 2.38. The smallest absolute Gasteiger partial charge is 0.306 e. The first-order valence-electron chi connectivity index (χ1n) is 18.4. The maximum atomic E-state index is 13.8. The van der Waals surface area contributed by atoms with Crippen molar-refractivity contribution in [2.24, 2.45) is 11.8 Å². The van der Waals surface area contributed by atoms with E-state index in [-0.39, 0.29) is 54.3 Å². The first-order valence-corrected chi connectivity index (χ1v) is 22.7. The fraction of sp³-hybridized carbons (Fsp3) is 0.615. The zero-order valence-corrected chi connectivity index (χ0v) is 33.5. The second-order valence-electron chi connectivity index (χ2n) is 13.6. The molecule has 2 aromatic carbocycles. The van der Waals surface area contributed by atoms with Crippen LogP contribution in [-0.4, -0.2) is 53.5 Å². The Labute approximate surface area is 308 Å². The predicted molar refractivity (Wildman–Crippen MR) is 208 cm³/mol. The summed E-state index contributed by atoms with van der Waals surface area (Å²) >= 11 is 1.27. The topological polar surface area (TPSA) is 138 Å². The lowest BCUT2D eigenvalue weighted by atomic mass is 10.0. The molecule has 0 fully saturated rings. The number of unbranched alkanes of at least 4 members (excludes halogenated alkanes) is 2. The molecule has 284 valence electrons. The Morgan fingerprint density at radius 3 is 1.75 bits per heavy atom. The molecule has 9 nitrogen and oxygen atoms in total. The number of hydrogen-bond acceptors (Lipinski definition) is 10. The van der Waals surface area contributed by atoms with Gasteiger partial charge in [0, 0.05) is 20.2 Å². The van der Waals surface area contributed by atoms with Crippen LogP contribution < -0.4 is 5.43 Å². The lowest BCUT2D eigenvalue weighted by Gasteiger charge is -2.20. The summed E-state index contributed by atoms with van der Waals surface area (Å²) in [6.07, 6.45) is 7.12. The molecule has 0 saturated carbocycles. The Morgan fingerprint density at radius 1 is 0.725 bits per heavy atom. The highest BCUT2D eigenvalue weighted by atomic mass is 32.2. The number of fused-ring (bicyclic) bond motifs is 2. The number of sulfone groups is 2. The molecule has 0 saturated heterocycles. The van der Waals surface area contributed by atoms with Crippen LogP contribution >= 0.6 is 11.3 Å². The molecule has 1 aromatic heterocycles. The van der Waals surface area contributed by atoms with E-state index >= 15 is 0 Å². The third-order valence-electron chi connectivity index (χ3n) is 9.94. The lowest BCUT2D eigenvalue weighted by Crippen LogP contribution is -2.21. The predicted octanol–water partition coefficient (Wildman–Crippen LogP) is 8.67. The van der Waals surface area contributed by atoms with E-state index in [0.717, 1.165) is 51.4 Å². The number of carbonyl (C=O) groups is 2. The third kappa shape index (κ3) is 11.8. The monoisotopic (exact) mass is 764 g/mol. The fourth-order valence-electron chi connectivity index (χ4n) is 6.06. The van der Waals surface area contributed by atoms with Gasteiger partial charge >= 0.3 is 11.9 Å². The number of esters is 2. The zero-order chi connectivity index (χ0) is 37.8. The molecule has 1 heterocycles. The van der Waals surface area contributed by atoms with Crippen LogP contribution in [0, 0.1) is 11.8 Å². The minimum absolute atomic E-state index is 0.226. The van der Waals surface area contributed by atoms with Gasteiger partial charge in [0.15, 0.2) is 25.1 Å². The van der Waals surface area contributed by atoms with Gasteiger partial charge in [-0.05, 0) is 67.9 Å². The van der Waals surface area contributed by atoms with E-state index in [2.05, 4.69) is 13.8 Å². The molecule has 12 heteroatoms. The number of carbonyl (C=O) groups excluding carboxylic acids is 2. The summed E-state index contributed by atoms with van der Waals surface area (Å²) in [5.74, 6) is -1.63. The van der Waals surface area contributed by atoms with Crippen LogP contribution in [0.25, 0.3) is 20.2 Å². The van der Waals surface area contributed by atoms with Crippen LogP contribution in [0.1, 0.15) is 127 Å². The summed E-state index contributed by atoms with van der Waals surface area (Å²) in [5.41, 5.74) is 0.231. The highest BCUT2D eigenvalue weighted by molar-refractivity contribution is 7.92. The lowest BCUT2D eigenvalue weighted by molar-refractivity contribution is -0.145. The van der Waals surface area contributed by atoms with Crippen LogP contribution in [0.4, 0.5) is 0 Å². The van der Waals surface area contributed by atoms with Gasteiger partial charge in [0.05, 0.1) is 48.1 Å². The minimum atomic E-state index is -3.95. The van der Waals surface area contributed by atoms with Crippen molar-refractivity contribution < 1.29 is 35.9 Å². The van der Waals surface area contributed by atoms with E-state index in [9.17, 15) is 31.2 Å². The Hall–Kier alpha value is -2.83. The van der Waals surface area contributed by atoms with E-state index in [1.807, 2.05) is 13.8 Å². The standard InChI is InChI=1S/C39H56O9S3/c1-7-11-15-29(9-3)25-47-36(40)19-21-50(43,44)27(5)31-23-33(39-34(24-31)38(42)32-17-13-14-18-35(32)49-39)28(6)51(45,46)22-20-37(41)48-26-30(10-4)16-12-8-2/h13-14,17-18,23-24,27-30H,7-12,15-16,19-22,25-26H2,1-6H3. The van der Waals surface area contributed by atoms with Crippen molar-refractivity contribution in [2.75, 3.05) is 24.7 Å². The molecule has 3 aromatic rings.